The molecule has 0 heterocycles. The maximum absolute atomic E-state index is 12.9. The molecule has 0 spiro atoms. The van der Waals surface area contributed by atoms with Crippen molar-refractivity contribution < 1.29 is 4.39 Å². The van der Waals surface area contributed by atoms with Gasteiger partial charge in [-0.25, -0.2) is 4.39 Å². The number of rotatable bonds is 0. The fourth-order valence-corrected chi connectivity index (χ4v) is 1.15. The molecule has 2 unspecified atom stereocenters. The molecule has 0 amide bonds. The highest BCUT2D eigenvalue weighted by atomic mass is 19.1. The van der Waals surface area contributed by atoms with E-state index in [1.165, 1.54) is 0 Å². The predicted octanol–water partition coefficient (Wildman–Crippen LogP) is 1.23. The van der Waals surface area contributed by atoms with Crippen LogP contribution in [0.1, 0.15) is 26.2 Å². The van der Waals surface area contributed by atoms with Gasteiger partial charge < -0.3 is 5.73 Å². The second kappa shape index (κ2) is 1.69. The van der Waals surface area contributed by atoms with Gasteiger partial charge in [0.05, 0.1) is 0 Å². The standard InChI is InChI=1S/C6H12FN/c1-6(7)4-2-3-5(6)8/h5H,2-4,8H2,1H3. The molecule has 2 heteroatoms. The van der Waals surface area contributed by atoms with Gasteiger partial charge in [0.1, 0.15) is 5.67 Å². The molecule has 1 aliphatic rings. The lowest BCUT2D eigenvalue weighted by molar-refractivity contribution is 0.175. The van der Waals surface area contributed by atoms with Gasteiger partial charge in [-0.3, -0.25) is 0 Å². The topological polar surface area (TPSA) is 26.0 Å². The van der Waals surface area contributed by atoms with Crippen LogP contribution >= 0.6 is 0 Å². The van der Waals surface area contributed by atoms with Crippen molar-refractivity contribution in [1.82, 2.24) is 0 Å². The Morgan fingerprint density at radius 2 is 2.38 bits per heavy atom. The van der Waals surface area contributed by atoms with E-state index in [1.54, 1.807) is 6.92 Å². The van der Waals surface area contributed by atoms with E-state index in [0.717, 1.165) is 12.8 Å². The molecular formula is C6H12FN. The lowest BCUT2D eigenvalue weighted by atomic mass is 10.0. The average molecular weight is 117 g/mol. The second-order valence-electron chi connectivity index (χ2n) is 2.78. The van der Waals surface area contributed by atoms with Crippen molar-refractivity contribution in [2.45, 2.75) is 37.9 Å². The van der Waals surface area contributed by atoms with Crippen molar-refractivity contribution in [2.75, 3.05) is 0 Å². The monoisotopic (exact) mass is 117 g/mol. The average Bonchev–Trinajstić information content (AvgIpc) is 1.86. The number of halogens is 1. The smallest absolute Gasteiger partial charge is 0.123 e. The summed E-state index contributed by atoms with van der Waals surface area (Å²) in [5.41, 5.74) is 4.37. The Bertz CT molecular complexity index is 90.5. The van der Waals surface area contributed by atoms with Crippen LogP contribution in [0.3, 0.4) is 0 Å². The first-order chi connectivity index (χ1) is 3.63. The van der Waals surface area contributed by atoms with Crippen molar-refractivity contribution in [2.24, 2.45) is 5.73 Å². The highest BCUT2D eigenvalue weighted by Crippen LogP contribution is 2.31. The summed E-state index contributed by atoms with van der Waals surface area (Å²) in [7, 11) is 0. The number of hydrogen-bond acceptors (Lipinski definition) is 1. The Morgan fingerprint density at radius 1 is 1.75 bits per heavy atom. The molecular weight excluding hydrogens is 105 g/mol. The third-order valence-corrected chi connectivity index (χ3v) is 1.95. The van der Waals surface area contributed by atoms with Crippen molar-refractivity contribution in [3.8, 4) is 0 Å². The van der Waals surface area contributed by atoms with Gasteiger partial charge in [0.25, 0.3) is 0 Å². The molecule has 0 bridgehead atoms. The van der Waals surface area contributed by atoms with Gasteiger partial charge in [0, 0.05) is 6.04 Å². The van der Waals surface area contributed by atoms with Crippen LogP contribution in [0.2, 0.25) is 0 Å². The lowest BCUT2D eigenvalue weighted by Gasteiger charge is -2.17. The Labute approximate surface area is 49.1 Å². The summed E-state index contributed by atoms with van der Waals surface area (Å²) in [5.74, 6) is 0. The van der Waals surface area contributed by atoms with E-state index < -0.39 is 5.67 Å². The molecule has 0 radical (unpaired) electrons. The third-order valence-electron chi connectivity index (χ3n) is 1.95. The minimum Gasteiger partial charge on any atom is -0.325 e. The lowest BCUT2D eigenvalue weighted by Crippen LogP contribution is -2.36. The zero-order valence-electron chi connectivity index (χ0n) is 5.15. The first-order valence-corrected chi connectivity index (χ1v) is 3.07. The summed E-state index contributed by atoms with van der Waals surface area (Å²) >= 11 is 0. The fourth-order valence-electron chi connectivity index (χ4n) is 1.15. The largest absolute Gasteiger partial charge is 0.325 e. The molecule has 1 fully saturated rings. The van der Waals surface area contributed by atoms with Gasteiger partial charge in [-0.1, -0.05) is 0 Å². The molecule has 1 aliphatic carbocycles. The Morgan fingerprint density at radius 3 is 2.50 bits per heavy atom. The van der Waals surface area contributed by atoms with Gasteiger partial charge in [0.15, 0.2) is 0 Å². The van der Waals surface area contributed by atoms with Crippen molar-refractivity contribution in [1.29, 1.82) is 0 Å². The minimum atomic E-state index is -1.07. The molecule has 8 heavy (non-hydrogen) atoms. The van der Waals surface area contributed by atoms with Crippen molar-refractivity contribution in [3.05, 3.63) is 0 Å². The summed E-state index contributed by atoms with van der Waals surface area (Å²) in [6.07, 6.45) is 2.45. The second-order valence-corrected chi connectivity index (χ2v) is 2.78. The highest BCUT2D eigenvalue weighted by molar-refractivity contribution is 4.91. The van der Waals surface area contributed by atoms with Gasteiger partial charge in [-0.05, 0) is 26.2 Å². The summed E-state index contributed by atoms with van der Waals surface area (Å²) in [6, 6.07) is -0.206. The third kappa shape index (κ3) is 0.848. The van der Waals surface area contributed by atoms with E-state index in [2.05, 4.69) is 0 Å². The van der Waals surface area contributed by atoms with E-state index in [4.69, 9.17) is 5.73 Å². The maximum atomic E-state index is 12.9. The van der Waals surface area contributed by atoms with Crippen LogP contribution in [0.15, 0.2) is 0 Å². The Kier molecular flexibility index (Phi) is 1.27. The van der Waals surface area contributed by atoms with Crippen LogP contribution in [0.4, 0.5) is 4.39 Å². The minimum absolute atomic E-state index is 0.206. The van der Waals surface area contributed by atoms with Gasteiger partial charge in [0.2, 0.25) is 0 Å². The first-order valence-electron chi connectivity index (χ1n) is 3.07. The predicted molar refractivity (Wildman–Crippen MR) is 31.3 cm³/mol. The quantitative estimate of drug-likeness (QED) is 0.507. The molecule has 0 aromatic rings. The van der Waals surface area contributed by atoms with Gasteiger partial charge >= 0.3 is 0 Å². The summed E-state index contributed by atoms with van der Waals surface area (Å²) in [5, 5.41) is 0. The van der Waals surface area contributed by atoms with Crippen LogP contribution in [0, 0.1) is 0 Å². The van der Waals surface area contributed by atoms with Crippen molar-refractivity contribution in [3.63, 3.8) is 0 Å². The van der Waals surface area contributed by atoms with Crippen LogP contribution in [0.25, 0.3) is 0 Å². The highest BCUT2D eigenvalue weighted by Gasteiger charge is 2.35. The zero-order valence-corrected chi connectivity index (χ0v) is 5.15. The van der Waals surface area contributed by atoms with E-state index >= 15 is 0 Å². The maximum Gasteiger partial charge on any atom is 0.123 e. The molecule has 0 aromatic carbocycles. The molecule has 0 aliphatic heterocycles. The van der Waals surface area contributed by atoms with E-state index in [9.17, 15) is 4.39 Å². The van der Waals surface area contributed by atoms with Gasteiger partial charge in [-0.2, -0.15) is 0 Å². The summed E-state index contributed by atoms with van der Waals surface area (Å²) < 4.78 is 12.9. The molecule has 0 saturated heterocycles. The fraction of sp³-hybridized carbons (Fsp3) is 1.00. The number of alkyl halides is 1. The molecule has 0 aromatic heterocycles. The van der Waals surface area contributed by atoms with Crippen LogP contribution in [-0.2, 0) is 0 Å². The Hall–Kier alpha value is -0.110. The molecule has 2 atom stereocenters. The summed E-state index contributed by atoms with van der Waals surface area (Å²) in [6.45, 7) is 1.59. The van der Waals surface area contributed by atoms with Gasteiger partial charge in [-0.15, -0.1) is 0 Å². The SMILES string of the molecule is CC1(F)CCCC1N. The van der Waals surface area contributed by atoms with E-state index in [0.29, 0.717) is 6.42 Å². The number of hydrogen-bond donors (Lipinski definition) is 1. The zero-order chi connectivity index (χ0) is 6.20. The molecule has 1 nitrogen and oxygen atoms in total. The molecule has 1 saturated carbocycles. The van der Waals surface area contributed by atoms with E-state index in [-0.39, 0.29) is 6.04 Å². The molecule has 2 N–H and O–H groups in total. The molecule has 48 valence electrons. The van der Waals surface area contributed by atoms with Crippen LogP contribution < -0.4 is 5.73 Å². The van der Waals surface area contributed by atoms with Crippen LogP contribution in [0.5, 0.6) is 0 Å². The Balaban J connectivity index is 2.54. The van der Waals surface area contributed by atoms with Crippen LogP contribution in [-0.4, -0.2) is 11.7 Å². The summed E-state index contributed by atoms with van der Waals surface area (Å²) in [4.78, 5) is 0. The first kappa shape index (κ1) is 6.02. The van der Waals surface area contributed by atoms with Crippen molar-refractivity contribution >= 4 is 0 Å². The van der Waals surface area contributed by atoms with E-state index in [1.807, 2.05) is 0 Å². The molecule has 1 rings (SSSR count). The number of nitrogens with two attached hydrogens (primary N) is 1. The normalized spacial score (nSPS) is 47.6.